The van der Waals surface area contributed by atoms with Gasteiger partial charge in [-0.05, 0) is 48.9 Å². The van der Waals surface area contributed by atoms with Gasteiger partial charge in [0.05, 0.1) is 19.1 Å². The van der Waals surface area contributed by atoms with Crippen LogP contribution >= 0.6 is 11.6 Å². The van der Waals surface area contributed by atoms with Crippen LogP contribution < -0.4 is 14.4 Å². The number of aryl methyl sites for hydroxylation is 1. The first-order valence-corrected chi connectivity index (χ1v) is 10.1. The van der Waals surface area contributed by atoms with Crippen LogP contribution in [0.2, 0.25) is 5.02 Å². The van der Waals surface area contributed by atoms with E-state index in [9.17, 15) is 13.2 Å². The molecule has 0 radical (unpaired) electrons. The van der Waals surface area contributed by atoms with Crippen molar-refractivity contribution in [3.63, 3.8) is 0 Å². The number of hydrogen-bond acceptors (Lipinski definition) is 4. The normalized spacial score (nSPS) is 11.1. The number of rotatable bonds is 7. The number of amides is 1. The molecule has 0 saturated carbocycles. The van der Waals surface area contributed by atoms with Gasteiger partial charge in [-0.3, -0.25) is 9.10 Å². The van der Waals surface area contributed by atoms with Crippen LogP contribution in [0.3, 0.4) is 0 Å². The largest absolute Gasteiger partial charge is 0.497 e. The zero-order chi connectivity index (χ0) is 19.3. The van der Waals surface area contributed by atoms with Crippen LogP contribution in [0.25, 0.3) is 0 Å². The third-order valence-electron chi connectivity index (χ3n) is 3.76. The summed E-state index contributed by atoms with van der Waals surface area (Å²) in [4.78, 5) is 12.2. The maximum Gasteiger partial charge on any atom is 0.232 e. The number of benzene rings is 2. The lowest BCUT2D eigenvalue weighted by molar-refractivity contribution is -0.116. The topological polar surface area (TPSA) is 75.7 Å². The summed E-state index contributed by atoms with van der Waals surface area (Å²) in [5.74, 6) is 0.395. The molecule has 8 heteroatoms. The minimum atomic E-state index is -3.56. The lowest BCUT2D eigenvalue weighted by Crippen LogP contribution is -2.33. The number of nitrogens with one attached hydrogen (secondary N) is 1. The monoisotopic (exact) mass is 396 g/mol. The summed E-state index contributed by atoms with van der Waals surface area (Å²) in [6, 6.07) is 11.9. The van der Waals surface area contributed by atoms with Crippen LogP contribution in [0.5, 0.6) is 5.75 Å². The van der Waals surface area contributed by atoms with Crippen molar-refractivity contribution < 1.29 is 17.9 Å². The third kappa shape index (κ3) is 5.37. The molecule has 0 fully saturated rings. The van der Waals surface area contributed by atoms with Crippen molar-refractivity contribution in [2.75, 3.05) is 29.5 Å². The van der Waals surface area contributed by atoms with Crippen LogP contribution in [0, 0.1) is 6.92 Å². The van der Waals surface area contributed by atoms with Gasteiger partial charge in [0, 0.05) is 23.7 Å². The van der Waals surface area contributed by atoms with E-state index in [4.69, 9.17) is 16.3 Å². The Morgan fingerprint density at radius 3 is 2.42 bits per heavy atom. The van der Waals surface area contributed by atoms with Gasteiger partial charge in [-0.25, -0.2) is 8.42 Å². The Hall–Kier alpha value is -2.25. The molecule has 140 valence electrons. The number of anilines is 2. The quantitative estimate of drug-likeness (QED) is 0.777. The molecule has 1 amide bonds. The summed E-state index contributed by atoms with van der Waals surface area (Å²) in [6.07, 6.45) is 1.11. The predicted octanol–water partition coefficient (Wildman–Crippen LogP) is 3.45. The molecule has 0 atom stereocenters. The first-order chi connectivity index (χ1) is 12.2. The molecule has 26 heavy (non-hydrogen) atoms. The van der Waals surface area contributed by atoms with Crippen molar-refractivity contribution in [1.29, 1.82) is 0 Å². The number of hydrogen-bond donors (Lipinski definition) is 1. The van der Waals surface area contributed by atoms with Gasteiger partial charge in [-0.15, -0.1) is 0 Å². The minimum Gasteiger partial charge on any atom is -0.497 e. The molecule has 2 aromatic rings. The zero-order valence-corrected chi connectivity index (χ0v) is 16.4. The van der Waals surface area contributed by atoms with Gasteiger partial charge in [0.1, 0.15) is 5.75 Å². The molecular formula is C18H21ClN2O4S. The number of sulfonamides is 1. The number of carbonyl (C=O) groups excluding carboxylic acids is 1. The molecule has 0 unspecified atom stereocenters. The van der Waals surface area contributed by atoms with Crippen molar-refractivity contribution in [3.05, 3.63) is 53.1 Å². The summed E-state index contributed by atoms with van der Waals surface area (Å²) in [7, 11) is -2.00. The lowest BCUT2D eigenvalue weighted by atomic mass is 10.2. The van der Waals surface area contributed by atoms with E-state index < -0.39 is 10.0 Å². The van der Waals surface area contributed by atoms with Crippen LogP contribution in [-0.2, 0) is 14.8 Å². The van der Waals surface area contributed by atoms with Crippen molar-refractivity contribution in [2.45, 2.75) is 13.3 Å². The maximum atomic E-state index is 12.2. The van der Waals surface area contributed by atoms with Gasteiger partial charge in [-0.1, -0.05) is 17.7 Å². The molecule has 0 aromatic heterocycles. The standard InChI is InChI=1S/C18H21ClN2O4S/c1-13-4-5-14(19)12-17(13)21(26(3,23)24)11-10-18(22)20-15-6-8-16(25-2)9-7-15/h4-9,12H,10-11H2,1-3H3,(H,20,22). The van der Waals surface area contributed by atoms with Crippen LogP contribution in [0.1, 0.15) is 12.0 Å². The summed E-state index contributed by atoms with van der Waals surface area (Å²) in [6.45, 7) is 1.81. The van der Waals surface area contributed by atoms with E-state index in [0.29, 0.717) is 22.1 Å². The second-order valence-corrected chi connectivity index (χ2v) is 8.14. The molecular weight excluding hydrogens is 376 g/mol. The number of ether oxygens (including phenoxy) is 1. The predicted molar refractivity (Wildman–Crippen MR) is 105 cm³/mol. The fourth-order valence-electron chi connectivity index (χ4n) is 2.42. The highest BCUT2D eigenvalue weighted by Gasteiger charge is 2.20. The molecule has 6 nitrogen and oxygen atoms in total. The van der Waals surface area contributed by atoms with E-state index in [1.54, 1.807) is 56.5 Å². The first-order valence-electron chi connectivity index (χ1n) is 7.88. The Bertz CT molecular complexity index is 883. The first kappa shape index (κ1) is 20.1. The molecule has 1 N–H and O–H groups in total. The van der Waals surface area contributed by atoms with E-state index in [1.807, 2.05) is 0 Å². The highest BCUT2D eigenvalue weighted by Crippen LogP contribution is 2.26. The lowest BCUT2D eigenvalue weighted by Gasteiger charge is -2.24. The molecule has 2 rings (SSSR count). The number of carbonyl (C=O) groups is 1. The molecule has 0 aliphatic rings. The highest BCUT2D eigenvalue weighted by molar-refractivity contribution is 7.92. The average molecular weight is 397 g/mol. The van der Waals surface area contributed by atoms with E-state index in [2.05, 4.69) is 5.32 Å². The van der Waals surface area contributed by atoms with Crippen LogP contribution in [0.4, 0.5) is 11.4 Å². The number of halogens is 1. The van der Waals surface area contributed by atoms with Crippen molar-refractivity contribution >= 4 is 38.9 Å². The maximum absolute atomic E-state index is 12.2. The van der Waals surface area contributed by atoms with E-state index in [-0.39, 0.29) is 18.9 Å². The van der Waals surface area contributed by atoms with Crippen molar-refractivity contribution in [1.82, 2.24) is 0 Å². The van der Waals surface area contributed by atoms with E-state index in [0.717, 1.165) is 11.8 Å². The fraction of sp³-hybridized carbons (Fsp3) is 0.278. The Morgan fingerprint density at radius 2 is 1.85 bits per heavy atom. The molecule has 0 aliphatic heterocycles. The van der Waals surface area contributed by atoms with Gasteiger partial charge >= 0.3 is 0 Å². The van der Waals surface area contributed by atoms with E-state index in [1.165, 1.54) is 4.31 Å². The van der Waals surface area contributed by atoms with Gasteiger partial charge in [0.25, 0.3) is 0 Å². The smallest absolute Gasteiger partial charge is 0.232 e. The Morgan fingerprint density at radius 1 is 1.19 bits per heavy atom. The summed E-state index contributed by atoms with van der Waals surface area (Å²) in [5.41, 5.74) is 1.84. The van der Waals surface area contributed by atoms with Gasteiger partial charge in [0.15, 0.2) is 0 Å². The SMILES string of the molecule is COc1ccc(NC(=O)CCN(c2cc(Cl)ccc2C)S(C)(=O)=O)cc1. The summed E-state index contributed by atoms with van der Waals surface area (Å²) >= 11 is 5.99. The van der Waals surface area contributed by atoms with Crippen LogP contribution in [0.15, 0.2) is 42.5 Å². The average Bonchev–Trinajstić information content (AvgIpc) is 2.57. The van der Waals surface area contributed by atoms with Crippen LogP contribution in [-0.4, -0.2) is 34.2 Å². The molecule has 2 aromatic carbocycles. The second kappa shape index (κ2) is 8.42. The third-order valence-corrected chi connectivity index (χ3v) is 5.17. The Kier molecular flexibility index (Phi) is 6.50. The Labute approximate surface area is 158 Å². The second-order valence-electron chi connectivity index (χ2n) is 5.79. The highest BCUT2D eigenvalue weighted by atomic mass is 35.5. The molecule has 0 heterocycles. The number of nitrogens with zero attached hydrogens (tertiary/aromatic N) is 1. The number of methoxy groups -OCH3 is 1. The molecule has 0 spiro atoms. The molecule has 0 saturated heterocycles. The summed E-state index contributed by atoms with van der Waals surface area (Å²) in [5, 5.41) is 3.17. The Balaban J connectivity index is 2.09. The van der Waals surface area contributed by atoms with Crippen molar-refractivity contribution in [3.8, 4) is 5.75 Å². The van der Waals surface area contributed by atoms with E-state index >= 15 is 0 Å². The zero-order valence-electron chi connectivity index (χ0n) is 14.8. The summed E-state index contributed by atoms with van der Waals surface area (Å²) < 4.78 is 30.6. The molecule has 0 aliphatic carbocycles. The van der Waals surface area contributed by atoms with Gasteiger partial charge < -0.3 is 10.1 Å². The fourth-order valence-corrected chi connectivity index (χ4v) is 3.56. The molecule has 0 bridgehead atoms. The van der Waals surface area contributed by atoms with Crippen molar-refractivity contribution in [2.24, 2.45) is 0 Å². The van der Waals surface area contributed by atoms with Gasteiger partial charge in [0.2, 0.25) is 15.9 Å². The minimum absolute atomic E-state index is 0.00501. The van der Waals surface area contributed by atoms with Gasteiger partial charge in [-0.2, -0.15) is 0 Å².